The lowest BCUT2D eigenvalue weighted by atomic mass is 9.47. The van der Waals surface area contributed by atoms with Crippen molar-refractivity contribution in [2.24, 2.45) is 52.3 Å². The average Bonchev–Trinajstić information content (AvgIpc) is 3.62. The molecule has 0 amide bonds. The Morgan fingerprint density at radius 2 is 1.50 bits per heavy atom. The Kier molecular flexibility index (Phi) is 20.3. The molecule has 62 heavy (non-hydrogen) atoms. The summed E-state index contributed by atoms with van der Waals surface area (Å²) in [5, 5.41) is 32.5. The summed E-state index contributed by atoms with van der Waals surface area (Å²) in [6.07, 6.45) is 38.3. The first-order chi connectivity index (χ1) is 29.8. The lowest BCUT2D eigenvalue weighted by molar-refractivity contribution is -0.313. The van der Waals surface area contributed by atoms with Gasteiger partial charge in [-0.3, -0.25) is 4.79 Å². The van der Waals surface area contributed by atoms with Crippen molar-refractivity contribution in [2.75, 3.05) is 6.61 Å². The highest BCUT2D eigenvalue weighted by molar-refractivity contribution is 5.69. The predicted molar refractivity (Wildman–Crippen MR) is 253 cm³/mol. The van der Waals surface area contributed by atoms with Gasteiger partial charge in [0.2, 0.25) is 0 Å². The number of ether oxygens (including phenoxy) is 3. The third-order valence-electron chi connectivity index (χ3n) is 16.4. The second kappa shape index (κ2) is 24.8. The molecule has 0 aromatic rings. The quantitative estimate of drug-likeness (QED) is 0.0534. The molecule has 0 aromatic carbocycles. The molecule has 5 aliphatic rings. The summed E-state index contributed by atoms with van der Waals surface area (Å²) in [4.78, 5) is 12.6. The molecule has 1 aliphatic heterocycles. The van der Waals surface area contributed by atoms with Gasteiger partial charge in [0.25, 0.3) is 0 Å². The molecule has 0 spiro atoms. The Balaban J connectivity index is 1.02. The molecule has 4 fully saturated rings. The van der Waals surface area contributed by atoms with Crippen LogP contribution >= 0.6 is 0 Å². The molecule has 7 nitrogen and oxygen atoms in total. The predicted octanol–water partition coefficient (Wildman–Crippen LogP) is 12.3. The molecular weight excluding hydrogens is 773 g/mol. The topological polar surface area (TPSA) is 105 Å². The fourth-order valence-electron chi connectivity index (χ4n) is 12.5. The van der Waals surface area contributed by atoms with Gasteiger partial charge in [0.1, 0.15) is 31.0 Å². The fourth-order valence-corrected chi connectivity index (χ4v) is 12.5. The van der Waals surface area contributed by atoms with Crippen molar-refractivity contribution in [1.29, 1.82) is 0 Å². The number of carbonyl (C=O) groups excluding carboxylic acids is 1. The Labute approximate surface area is 377 Å². The zero-order valence-corrected chi connectivity index (χ0v) is 40.0. The van der Waals surface area contributed by atoms with Crippen molar-refractivity contribution in [3.05, 3.63) is 72.4 Å². The summed E-state index contributed by atoms with van der Waals surface area (Å²) in [6, 6.07) is 0. The van der Waals surface area contributed by atoms with Crippen LogP contribution in [0.25, 0.3) is 0 Å². The molecule has 7 heteroatoms. The lowest BCUT2D eigenvalue weighted by Gasteiger charge is -2.58. The number of aliphatic hydroxyl groups is 3. The third kappa shape index (κ3) is 13.2. The van der Waals surface area contributed by atoms with E-state index in [0.717, 1.165) is 101 Å². The second-order valence-corrected chi connectivity index (χ2v) is 20.7. The Morgan fingerprint density at radius 3 is 2.19 bits per heavy atom. The maximum absolute atomic E-state index is 12.6. The van der Waals surface area contributed by atoms with E-state index >= 15 is 0 Å². The molecule has 0 aromatic heterocycles. The number of hydrogen-bond acceptors (Lipinski definition) is 7. The maximum Gasteiger partial charge on any atom is 0.305 e. The lowest BCUT2D eigenvalue weighted by Crippen LogP contribution is -2.60. The number of esters is 1. The molecule has 3 saturated carbocycles. The van der Waals surface area contributed by atoms with Crippen LogP contribution < -0.4 is 0 Å². The van der Waals surface area contributed by atoms with E-state index in [-0.39, 0.29) is 24.1 Å². The number of allylic oxidation sites excluding steroid dienone is 11. The number of unbranched alkanes of at least 4 members (excludes halogenated alkanes) is 4. The number of rotatable bonds is 23. The molecule has 3 N–H and O–H groups in total. The van der Waals surface area contributed by atoms with Gasteiger partial charge in [-0.05, 0) is 155 Å². The van der Waals surface area contributed by atoms with Gasteiger partial charge in [-0.1, -0.05) is 134 Å². The minimum atomic E-state index is -1.46. The van der Waals surface area contributed by atoms with E-state index in [1.54, 1.807) is 0 Å². The second-order valence-electron chi connectivity index (χ2n) is 20.7. The van der Waals surface area contributed by atoms with E-state index in [1.807, 2.05) is 0 Å². The highest BCUT2D eigenvalue weighted by atomic mass is 16.7. The summed E-state index contributed by atoms with van der Waals surface area (Å²) in [7, 11) is 0. The van der Waals surface area contributed by atoms with E-state index in [1.165, 1.54) is 37.7 Å². The molecule has 0 radical (unpaired) electrons. The van der Waals surface area contributed by atoms with E-state index in [2.05, 4.69) is 115 Å². The van der Waals surface area contributed by atoms with Crippen LogP contribution in [0.3, 0.4) is 0 Å². The van der Waals surface area contributed by atoms with Gasteiger partial charge in [0, 0.05) is 6.42 Å². The summed E-state index contributed by atoms with van der Waals surface area (Å²) < 4.78 is 18.0. The first kappa shape index (κ1) is 50.7. The highest BCUT2D eigenvalue weighted by Crippen LogP contribution is 2.67. The Hall–Kier alpha value is -2.29. The van der Waals surface area contributed by atoms with Crippen LogP contribution in [0.1, 0.15) is 170 Å². The molecule has 14 atom stereocenters. The minimum absolute atomic E-state index is 0.149. The average molecular weight is 861 g/mol. The van der Waals surface area contributed by atoms with Crippen LogP contribution in [0.15, 0.2) is 72.4 Å². The van der Waals surface area contributed by atoms with E-state index in [0.29, 0.717) is 35.5 Å². The van der Waals surface area contributed by atoms with Crippen molar-refractivity contribution < 1.29 is 34.3 Å². The normalized spacial score (nSPS) is 36.1. The van der Waals surface area contributed by atoms with Crippen LogP contribution in [0.4, 0.5) is 0 Å². The molecule has 4 aliphatic carbocycles. The summed E-state index contributed by atoms with van der Waals surface area (Å²) >= 11 is 0. The van der Waals surface area contributed by atoms with E-state index in [9.17, 15) is 20.1 Å². The van der Waals surface area contributed by atoms with Crippen molar-refractivity contribution in [3.8, 4) is 0 Å². The van der Waals surface area contributed by atoms with Crippen molar-refractivity contribution in [3.63, 3.8) is 0 Å². The summed E-state index contributed by atoms with van der Waals surface area (Å²) in [6.45, 7) is 16.6. The van der Waals surface area contributed by atoms with Crippen LogP contribution in [0.5, 0.6) is 0 Å². The van der Waals surface area contributed by atoms with Gasteiger partial charge < -0.3 is 29.5 Å². The first-order valence-corrected chi connectivity index (χ1v) is 25.3. The Bertz CT molecular complexity index is 1540. The molecule has 1 saturated heterocycles. The number of carbonyl (C=O) groups is 1. The summed E-state index contributed by atoms with van der Waals surface area (Å²) in [5.41, 5.74) is 2.03. The molecule has 1 heterocycles. The standard InChI is InChI=1S/C55H88O7/c1-8-10-11-12-13-14-15-16-17-18-19-20-21-22-23-24-25-26-49(56)60-38-48-50(57)51(58)52(59)53(62-48)61-43-33-35-54(6)42(37-43)29-30-44-46-32-31-45(55(46,7)36-34-47(44)54)40(5)27-28-41(9-2)39(3)4/h10-11,13-14,16-17,19-20,27-29,39-41,43-48,50-53,57-59H,8-9,12,15,18,21-26,30-38H2,1-7H3/b11-10-,14-13-,17-16-,20-19-,28-27+. The molecule has 350 valence electrons. The van der Waals surface area contributed by atoms with Crippen molar-refractivity contribution >= 4 is 5.97 Å². The SMILES string of the molecule is CC/C=C\C/C=C\C/C=C\C/C=C\CCCCCCC(=O)OCC1OC(OC2CCC3(C)C(=CCC4C3CCC3(C)C(C(C)/C=C/C(CC)C(C)C)CCC43)C2)C(O)C(O)C1O. The largest absolute Gasteiger partial charge is 0.463 e. The van der Waals surface area contributed by atoms with Crippen LogP contribution in [-0.4, -0.2) is 64.7 Å². The maximum atomic E-state index is 12.6. The van der Waals surface area contributed by atoms with Gasteiger partial charge in [-0.15, -0.1) is 0 Å². The zero-order chi connectivity index (χ0) is 44.7. The van der Waals surface area contributed by atoms with E-state index < -0.39 is 30.7 Å². The van der Waals surface area contributed by atoms with Gasteiger partial charge in [-0.2, -0.15) is 0 Å². The van der Waals surface area contributed by atoms with Crippen LogP contribution in [0.2, 0.25) is 0 Å². The third-order valence-corrected chi connectivity index (χ3v) is 16.4. The van der Waals surface area contributed by atoms with Crippen LogP contribution in [-0.2, 0) is 19.0 Å². The zero-order valence-electron chi connectivity index (χ0n) is 40.0. The number of fused-ring (bicyclic) bond motifs is 5. The number of aliphatic hydroxyl groups excluding tert-OH is 3. The monoisotopic (exact) mass is 861 g/mol. The van der Waals surface area contributed by atoms with Gasteiger partial charge in [-0.25, -0.2) is 0 Å². The molecule has 14 unspecified atom stereocenters. The van der Waals surface area contributed by atoms with Gasteiger partial charge >= 0.3 is 5.97 Å². The van der Waals surface area contributed by atoms with E-state index in [4.69, 9.17) is 14.2 Å². The van der Waals surface area contributed by atoms with Crippen molar-refractivity contribution in [1.82, 2.24) is 0 Å². The Morgan fingerprint density at radius 1 is 0.806 bits per heavy atom. The van der Waals surface area contributed by atoms with Crippen LogP contribution in [0, 0.1) is 52.3 Å². The minimum Gasteiger partial charge on any atom is -0.463 e. The fraction of sp³-hybridized carbons (Fsp3) is 0.764. The summed E-state index contributed by atoms with van der Waals surface area (Å²) in [5.74, 6) is 4.55. The smallest absolute Gasteiger partial charge is 0.305 e. The van der Waals surface area contributed by atoms with Crippen molar-refractivity contribution in [2.45, 2.75) is 207 Å². The highest BCUT2D eigenvalue weighted by Gasteiger charge is 2.59. The molecular formula is C55H88O7. The number of hydrogen-bond donors (Lipinski definition) is 3. The molecule has 0 bridgehead atoms. The first-order valence-electron chi connectivity index (χ1n) is 25.3. The van der Waals surface area contributed by atoms with Gasteiger partial charge in [0.05, 0.1) is 6.10 Å². The molecule has 5 rings (SSSR count). The van der Waals surface area contributed by atoms with Gasteiger partial charge in [0.15, 0.2) is 6.29 Å².